The average Bonchev–Trinajstić information content (AvgIpc) is 2.71. The highest BCUT2D eigenvalue weighted by Gasteiger charge is 2.37. The molecule has 2 rings (SSSR count). The van der Waals surface area contributed by atoms with Crippen LogP contribution in [0.25, 0.3) is 0 Å². The van der Waals surface area contributed by atoms with E-state index in [1.165, 1.54) is 41.9 Å². The van der Waals surface area contributed by atoms with Gasteiger partial charge in [0.2, 0.25) is 10.0 Å². The van der Waals surface area contributed by atoms with Gasteiger partial charge in [0.05, 0.1) is 6.26 Å². The van der Waals surface area contributed by atoms with Gasteiger partial charge in [0.1, 0.15) is 12.0 Å². The van der Waals surface area contributed by atoms with Crippen molar-refractivity contribution < 1.29 is 27.4 Å². The minimum atomic E-state index is -3.33. The van der Waals surface area contributed by atoms with Crippen molar-refractivity contribution in [2.24, 2.45) is 11.8 Å². The fourth-order valence-corrected chi connectivity index (χ4v) is 5.32. The fraction of sp³-hybridized carbons (Fsp3) is 0.667. The number of amides is 1. The van der Waals surface area contributed by atoms with Crippen molar-refractivity contribution in [3.8, 4) is 0 Å². The fourth-order valence-electron chi connectivity index (χ4n) is 4.29. The Balaban J connectivity index is 2.05. The molecule has 9 heteroatoms. The van der Waals surface area contributed by atoms with Crippen LogP contribution in [0.3, 0.4) is 0 Å². The molecule has 1 aliphatic rings. The van der Waals surface area contributed by atoms with Crippen LogP contribution < -0.4 is 5.32 Å². The van der Waals surface area contributed by atoms with Crippen molar-refractivity contribution in [3.05, 3.63) is 35.6 Å². The lowest BCUT2D eigenvalue weighted by atomic mass is 9.78. The van der Waals surface area contributed by atoms with Gasteiger partial charge in [0, 0.05) is 31.9 Å². The number of nitrogens with one attached hydrogen (secondary N) is 1. The number of nitrogens with zero attached hydrogens (tertiary/aromatic N) is 1. The van der Waals surface area contributed by atoms with E-state index in [2.05, 4.69) is 12.2 Å². The second-order valence-corrected chi connectivity index (χ2v) is 9.88. The first-order chi connectivity index (χ1) is 14.2. The zero-order valence-corrected chi connectivity index (χ0v) is 18.7. The van der Waals surface area contributed by atoms with Crippen LogP contribution in [0.15, 0.2) is 24.3 Å². The van der Waals surface area contributed by atoms with Crippen molar-refractivity contribution in [3.63, 3.8) is 0 Å². The van der Waals surface area contributed by atoms with Gasteiger partial charge >= 0.3 is 0 Å². The van der Waals surface area contributed by atoms with Crippen LogP contribution in [0.2, 0.25) is 0 Å². The number of carbonyl (C=O) groups is 1. The minimum absolute atomic E-state index is 0.0575. The molecule has 30 heavy (non-hydrogen) atoms. The van der Waals surface area contributed by atoms with E-state index in [4.69, 9.17) is 4.74 Å². The smallest absolute Gasteiger partial charge is 0.251 e. The molecule has 1 fully saturated rings. The normalized spacial score (nSPS) is 22.4. The Morgan fingerprint density at radius 2 is 2.03 bits per heavy atom. The van der Waals surface area contributed by atoms with Crippen molar-refractivity contribution in [2.75, 3.05) is 26.5 Å². The zero-order chi connectivity index (χ0) is 22.3. The number of piperidine rings is 1. The number of methoxy groups -OCH3 is 1. The maximum Gasteiger partial charge on any atom is 0.251 e. The highest BCUT2D eigenvalue weighted by atomic mass is 32.2. The molecule has 7 nitrogen and oxygen atoms in total. The number of halogens is 1. The molecule has 1 amide bonds. The number of hydrogen-bond donors (Lipinski definition) is 2. The molecule has 1 aromatic rings. The average molecular weight is 445 g/mol. The molecule has 1 aromatic carbocycles. The summed E-state index contributed by atoms with van der Waals surface area (Å²) in [5, 5.41) is 12.4. The summed E-state index contributed by atoms with van der Waals surface area (Å²) in [7, 11) is -1.82. The van der Waals surface area contributed by atoms with E-state index in [1.807, 2.05) is 0 Å². The van der Waals surface area contributed by atoms with Crippen molar-refractivity contribution >= 4 is 15.9 Å². The molecule has 0 aromatic heterocycles. The second-order valence-electron chi connectivity index (χ2n) is 7.94. The number of rotatable bonds is 10. The number of sulfonamides is 1. The molecule has 2 N–H and O–H groups in total. The molecule has 0 spiro atoms. The Morgan fingerprint density at radius 3 is 2.57 bits per heavy atom. The summed E-state index contributed by atoms with van der Waals surface area (Å²) >= 11 is 0. The van der Waals surface area contributed by atoms with Crippen LogP contribution in [-0.4, -0.2) is 62.5 Å². The van der Waals surface area contributed by atoms with E-state index in [0.29, 0.717) is 31.4 Å². The Kier molecular flexibility index (Phi) is 9.21. The number of carbonyl (C=O) groups excluding carboxylic acids is 1. The molecule has 4 atom stereocenters. The number of aliphatic hydroxyl groups excluding tert-OH is 1. The van der Waals surface area contributed by atoms with Gasteiger partial charge < -0.3 is 15.2 Å². The molecule has 1 saturated heterocycles. The van der Waals surface area contributed by atoms with Gasteiger partial charge in [-0.05, 0) is 61.8 Å². The van der Waals surface area contributed by atoms with Crippen LogP contribution in [0.1, 0.15) is 49.4 Å². The largest absolute Gasteiger partial charge is 0.396 e. The van der Waals surface area contributed by atoms with Crippen molar-refractivity contribution in [2.45, 2.75) is 51.3 Å². The molecule has 4 unspecified atom stereocenters. The molecular formula is C21H33FN2O5S. The van der Waals surface area contributed by atoms with E-state index in [0.717, 1.165) is 12.8 Å². The third kappa shape index (κ3) is 6.73. The first-order valence-electron chi connectivity index (χ1n) is 10.4. The van der Waals surface area contributed by atoms with Crippen LogP contribution in [-0.2, 0) is 14.8 Å². The van der Waals surface area contributed by atoms with Crippen LogP contribution in [0.4, 0.5) is 4.39 Å². The Morgan fingerprint density at radius 1 is 1.37 bits per heavy atom. The van der Waals surface area contributed by atoms with Crippen LogP contribution in [0, 0.1) is 17.7 Å². The summed E-state index contributed by atoms with van der Waals surface area (Å²) in [5.74, 6) is -0.209. The molecule has 0 aliphatic carbocycles. The second kappa shape index (κ2) is 11.2. The maximum atomic E-state index is 13.1. The van der Waals surface area contributed by atoms with E-state index in [1.54, 1.807) is 0 Å². The van der Waals surface area contributed by atoms with Crippen LogP contribution >= 0.6 is 0 Å². The first kappa shape index (κ1) is 24.7. The number of ether oxygens (including phenoxy) is 1. The predicted octanol–water partition coefficient (Wildman–Crippen LogP) is 2.37. The molecule has 1 aliphatic heterocycles. The maximum absolute atomic E-state index is 13.1. The summed E-state index contributed by atoms with van der Waals surface area (Å²) < 4.78 is 43.9. The summed E-state index contributed by atoms with van der Waals surface area (Å²) in [4.78, 5) is 12.5. The van der Waals surface area contributed by atoms with E-state index < -0.39 is 22.1 Å². The molecule has 1 heterocycles. The van der Waals surface area contributed by atoms with E-state index >= 15 is 0 Å². The summed E-state index contributed by atoms with van der Waals surface area (Å²) in [6.45, 7) is 2.43. The molecule has 0 radical (unpaired) electrons. The lowest BCUT2D eigenvalue weighted by Gasteiger charge is -2.40. The Bertz CT molecular complexity index is 787. The van der Waals surface area contributed by atoms with Gasteiger partial charge in [-0.3, -0.25) is 4.79 Å². The van der Waals surface area contributed by atoms with Gasteiger partial charge in [-0.15, -0.1) is 0 Å². The number of hydrogen-bond acceptors (Lipinski definition) is 5. The minimum Gasteiger partial charge on any atom is -0.396 e. The highest BCUT2D eigenvalue weighted by molar-refractivity contribution is 7.88. The lowest BCUT2D eigenvalue weighted by molar-refractivity contribution is -0.0370. The SMILES string of the molecule is CCC(CC(CCO)NC(=O)c1ccc(F)cc1)C1CCN(S(C)(=O)=O)C(OC)C1. The van der Waals surface area contributed by atoms with Gasteiger partial charge in [-0.25, -0.2) is 12.8 Å². The third-order valence-electron chi connectivity index (χ3n) is 5.94. The first-order valence-corrected chi connectivity index (χ1v) is 12.2. The van der Waals surface area contributed by atoms with Crippen molar-refractivity contribution in [1.82, 2.24) is 9.62 Å². The highest BCUT2D eigenvalue weighted by Crippen LogP contribution is 2.35. The molecule has 170 valence electrons. The standard InChI is InChI=1S/C21H33FN2O5S/c1-4-15(17-9-11-24(30(3,27)28)20(14-17)29-2)13-19(10-12-25)23-21(26)16-5-7-18(22)8-6-16/h5-8,15,17,19-20,25H,4,9-14H2,1-3H3,(H,23,26). The molecule has 0 bridgehead atoms. The topological polar surface area (TPSA) is 95.9 Å². The Hall–Kier alpha value is -1.55. The molecular weight excluding hydrogens is 411 g/mol. The molecule has 0 saturated carbocycles. The van der Waals surface area contributed by atoms with Gasteiger partial charge in [0.25, 0.3) is 5.91 Å². The quantitative estimate of drug-likeness (QED) is 0.578. The summed E-state index contributed by atoms with van der Waals surface area (Å²) in [6.07, 6.45) is 3.98. The monoisotopic (exact) mass is 444 g/mol. The van der Waals surface area contributed by atoms with E-state index in [9.17, 15) is 22.7 Å². The van der Waals surface area contributed by atoms with Gasteiger partial charge in [-0.1, -0.05) is 13.3 Å². The Labute approximate surface area is 178 Å². The predicted molar refractivity (Wildman–Crippen MR) is 113 cm³/mol. The van der Waals surface area contributed by atoms with Gasteiger partial charge in [0.15, 0.2) is 0 Å². The number of aliphatic hydroxyl groups is 1. The summed E-state index contributed by atoms with van der Waals surface area (Å²) in [5.41, 5.74) is 0.369. The lowest BCUT2D eigenvalue weighted by Crippen LogP contribution is -2.48. The third-order valence-corrected chi connectivity index (χ3v) is 7.21. The van der Waals surface area contributed by atoms with Crippen LogP contribution in [0.5, 0.6) is 0 Å². The zero-order valence-electron chi connectivity index (χ0n) is 17.9. The summed E-state index contributed by atoms with van der Waals surface area (Å²) in [6, 6.07) is 5.12. The van der Waals surface area contributed by atoms with Gasteiger partial charge in [-0.2, -0.15) is 4.31 Å². The number of benzene rings is 1. The van der Waals surface area contributed by atoms with E-state index in [-0.39, 0.29) is 30.4 Å². The van der Waals surface area contributed by atoms with Crippen molar-refractivity contribution in [1.29, 1.82) is 0 Å².